The molecule has 2 nitrogen and oxygen atoms in total. The molecule has 0 aromatic rings. The molecule has 2 heteroatoms. The minimum atomic E-state index is 0.245. The molecule has 136 valence electrons. The average molecular weight is 333 g/mol. The van der Waals surface area contributed by atoms with Crippen molar-refractivity contribution in [2.45, 2.75) is 91.3 Å². The third-order valence-electron chi connectivity index (χ3n) is 7.29. The third-order valence-corrected chi connectivity index (χ3v) is 7.29. The van der Waals surface area contributed by atoms with Crippen LogP contribution < -0.4 is 0 Å². The second-order valence-corrected chi connectivity index (χ2v) is 9.22. The van der Waals surface area contributed by atoms with Crippen LogP contribution in [0.1, 0.15) is 79.1 Å². The zero-order chi connectivity index (χ0) is 17.3. The van der Waals surface area contributed by atoms with Gasteiger partial charge in [-0.15, -0.1) is 0 Å². The van der Waals surface area contributed by atoms with Crippen molar-refractivity contribution in [3.8, 4) is 0 Å². The molecule has 0 heterocycles. The molecule has 2 fully saturated rings. The summed E-state index contributed by atoms with van der Waals surface area (Å²) in [5.41, 5.74) is 0.245. The number of allylic oxidation sites excluding steroid dienone is 2. The van der Waals surface area contributed by atoms with Crippen molar-refractivity contribution in [3.05, 3.63) is 12.2 Å². The van der Waals surface area contributed by atoms with Gasteiger partial charge in [-0.05, 0) is 81.1 Å². The van der Waals surface area contributed by atoms with Crippen LogP contribution in [0.15, 0.2) is 12.2 Å². The number of fused-ring (bicyclic) bond motifs is 3. The van der Waals surface area contributed by atoms with E-state index < -0.39 is 0 Å². The maximum atomic E-state index is 11.9. The van der Waals surface area contributed by atoms with Crippen LogP contribution in [0.5, 0.6) is 0 Å². The molecule has 0 aliphatic heterocycles. The Morgan fingerprint density at radius 1 is 1.12 bits per heavy atom. The van der Waals surface area contributed by atoms with Gasteiger partial charge < -0.3 is 4.74 Å². The summed E-state index contributed by atoms with van der Waals surface area (Å²) in [5.74, 6) is 3.16. The number of carbonyl (C=O) groups excluding carboxylic acids is 1. The number of hydrogen-bond acceptors (Lipinski definition) is 2. The zero-order valence-corrected chi connectivity index (χ0v) is 16.1. The van der Waals surface area contributed by atoms with E-state index in [9.17, 15) is 4.79 Å². The number of hydrogen-bond donors (Lipinski definition) is 0. The lowest BCUT2D eigenvalue weighted by atomic mass is 9.53. The zero-order valence-electron chi connectivity index (χ0n) is 16.1. The number of ether oxygens (including phenoxy) is 1. The van der Waals surface area contributed by atoms with Crippen molar-refractivity contribution in [2.24, 2.45) is 29.1 Å². The lowest BCUT2D eigenvalue weighted by molar-refractivity contribution is -0.119. The van der Waals surface area contributed by atoms with Crippen molar-refractivity contribution in [1.82, 2.24) is 0 Å². The smallest absolute Gasteiger partial charge is 0.155 e. The van der Waals surface area contributed by atoms with Crippen molar-refractivity contribution >= 4 is 5.78 Å². The van der Waals surface area contributed by atoms with Gasteiger partial charge in [0.15, 0.2) is 5.78 Å². The Morgan fingerprint density at radius 3 is 2.67 bits per heavy atom. The van der Waals surface area contributed by atoms with E-state index in [0.717, 1.165) is 18.3 Å². The average Bonchev–Trinajstić information content (AvgIpc) is 2.59. The van der Waals surface area contributed by atoms with E-state index in [1.165, 1.54) is 44.9 Å². The molecule has 2 saturated carbocycles. The normalized spacial score (nSPS) is 43.5. The fourth-order valence-electron chi connectivity index (χ4n) is 5.84. The van der Waals surface area contributed by atoms with Crippen LogP contribution in [0.25, 0.3) is 0 Å². The summed E-state index contributed by atoms with van der Waals surface area (Å²) >= 11 is 0. The monoisotopic (exact) mass is 332 g/mol. The Bertz CT molecular complexity index is 480. The van der Waals surface area contributed by atoms with Gasteiger partial charge in [0.25, 0.3) is 0 Å². The molecular formula is C22H36O2. The molecule has 0 spiro atoms. The number of ketones is 1. The largest absolute Gasteiger partial charge is 0.375 e. The van der Waals surface area contributed by atoms with Crippen molar-refractivity contribution in [1.29, 1.82) is 0 Å². The third kappa shape index (κ3) is 3.64. The molecular weight excluding hydrogens is 296 g/mol. The summed E-state index contributed by atoms with van der Waals surface area (Å²) < 4.78 is 6.24. The van der Waals surface area contributed by atoms with Crippen LogP contribution in [-0.2, 0) is 9.53 Å². The van der Waals surface area contributed by atoms with Crippen LogP contribution >= 0.6 is 0 Å². The van der Waals surface area contributed by atoms with Gasteiger partial charge in [0.05, 0.1) is 12.2 Å². The molecule has 3 aliphatic carbocycles. The van der Waals surface area contributed by atoms with E-state index in [4.69, 9.17) is 4.74 Å². The Labute approximate surface area is 148 Å². The lowest BCUT2D eigenvalue weighted by Gasteiger charge is -2.51. The predicted octanol–water partition coefficient (Wildman–Crippen LogP) is 5.56. The first-order valence-electron chi connectivity index (χ1n) is 10.3. The Hall–Kier alpha value is -0.630. The van der Waals surface area contributed by atoms with Gasteiger partial charge in [-0.25, -0.2) is 0 Å². The number of carbonyl (C=O) groups is 1. The molecule has 6 atom stereocenters. The van der Waals surface area contributed by atoms with E-state index >= 15 is 0 Å². The van der Waals surface area contributed by atoms with Gasteiger partial charge in [0.2, 0.25) is 0 Å². The van der Waals surface area contributed by atoms with Crippen LogP contribution in [-0.4, -0.2) is 18.0 Å². The number of rotatable bonds is 2. The summed E-state index contributed by atoms with van der Waals surface area (Å²) in [4.78, 5) is 11.9. The van der Waals surface area contributed by atoms with E-state index in [0.29, 0.717) is 29.8 Å². The van der Waals surface area contributed by atoms with Crippen molar-refractivity contribution < 1.29 is 9.53 Å². The summed E-state index contributed by atoms with van der Waals surface area (Å²) in [7, 11) is 0. The van der Waals surface area contributed by atoms with Crippen LogP contribution in [0.4, 0.5) is 0 Å². The highest BCUT2D eigenvalue weighted by Gasteiger charge is 2.48. The highest BCUT2D eigenvalue weighted by molar-refractivity contribution is 5.91. The molecule has 0 amide bonds. The standard InChI is InChI=1S/C22H36O2/c1-15(2)24-21-7-5-6-17-9-10-18-14-19(23)12-13-22(18,4)20(17)11-8-16(21)3/h12-13,15-18,20-21H,5-11,14H2,1-4H3/t16-,17+,18-,20-,21-,22-/m0/s1. The highest BCUT2D eigenvalue weighted by atomic mass is 16.5. The lowest BCUT2D eigenvalue weighted by Crippen LogP contribution is -2.45. The Balaban J connectivity index is 1.77. The second kappa shape index (κ2) is 7.32. The Morgan fingerprint density at radius 2 is 1.92 bits per heavy atom. The molecule has 0 N–H and O–H groups in total. The fraction of sp³-hybridized carbons (Fsp3) is 0.864. The first-order valence-corrected chi connectivity index (χ1v) is 10.3. The molecule has 0 unspecified atom stereocenters. The predicted molar refractivity (Wildman–Crippen MR) is 98.8 cm³/mol. The van der Waals surface area contributed by atoms with Gasteiger partial charge >= 0.3 is 0 Å². The minimum Gasteiger partial charge on any atom is -0.375 e. The Kier molecular flexibility index (Phi) is 5.54. The molecule has 0 aromatic heterocycles. The van der Waals surface area contributed by atoms with Crippen molar-refractivity contribution in [2.75, 3.05) is 0 Å². The van der Waals surface area contributed by atoms with Gasteiger partial charge in [0.1, 0.15) is 0 Å². The maximum Gasteiger partial charge on any atom is 0.155 e. The molecule has 0 bridgehead atoms. The molecule has 3 rings (SSSR count). The second-order valence-electron chi connectivity index (χ2n) is 9.22. The van der Waals surface area contributed by atoms with Gasteiger partial charge in [-0.1, -0.05) is 32.8 Å². The summed E-state index contributed by atoms with van der Waals surface area (Å²) in [5, 5.41) is 0. The molecule has 0 radical (unpaired) electrons. The van der Waals surface area contributed by atoms with Gasteiger partial charge in [-0.3, -0.25) is 4.79 Å². The van der Waals surface area contributed by atoms with Crippen LogP contribution in [0.2, 0.25) is 0 Å². The van der Waals surface area contributed by atoms with E-state index in [2.05, 4.69) is 33.8 Å². The van der Waals surface area contributed by atoms with Gasteiger partial charge in [0, 0.05) is 6.42 Å². The topological polar surface area (TPSA) is 26.3 Å². The van der Waals surface area contributed by atoms with Crippen LogP contribution in [0, 0.1) is 29.1 Å². The van der Waals surface area contributed by atoms with Crippen LogP contribution in [0.3, 0.4) is 0 Å². The quantitative estimate of drug-likeness (QED) is 0.662. The summed E-state index contributed by atoms with van der Waals surface area (Å²) in [6, 6.07) is 0. The molecule has 24 heavy (non-hydrogen) atoms. The summed E-state index contributed by atoms with van der Waals surface area (Å²) in [6.07, 6.45) is 14.7. The van der Waals surface area contributed by atoms with E-state index in [-0.39, 0.29) is 5.41 Å². The van der Waals surface area contributed by atoms with E-state index in [1.54, 1.807) is 0 Å². The fourth-order valence-corrected chi connectivity index (χ4v) is 5.84. The SMILES string of the molecule is CC(C)O[C@H]1CCC[C@@H]2CC[C@H]3CC(=O)C=C[C@]3(C)[C@H]2CC[C@@H]1C. The van der Waals surface area contributed by atoms with Crippen molar-refractivity contribution in [3.63, 3.8) is 0 Å². The van der Waals surface area contributed by atoms with E-state index in [1.807, 2.05) is 6.08 Å². The summed E-state index contributed by atoms with van der Waals surface area (Å²) in [6.45, 7) is 9.15. The first kappa shape index (κ1) is 18.2. The first-order chi connectivity index (χ1) is 11.4. The molecule has 0 saturated heterocycles. The van der Waals surface area contributed by atoms with Gasteiger partial charge in [-0.2, -0.15) is 0 Å². The molecule has 3 aliphatic rings. The maximum absolute atomic E-state index is 11.9. The highest BCUT2D eigenvalue weighted by Crippen LogP contribution is 2.55. The molecule has 0 aromatic carbocycles. The minimum absolute atomic E-state index is 0.245.